The van der Waals surface area contributed by atoms with Gasteiger partial charge in [0.2, 0.25) is 0 Å². The number of carbonyl (C=O) groups is 2. The van der Waals surface area contributed by atoms with E-state index in [4.69, 9.17) is 14.6 Å². The van der Waals surface area contributed by atoms with Crippen LogP contribution in [-0.4, -0.2) is 29.3 Å². The quantitative estimate of drug-likeness (QED) is 0.613. The SMILES string of the molecule is C=CC(=O)O[C@@H](C)C[C@@H](C)Oc1ccc(C(=O)O)cc1. The molecule has 0 saturated carbocycles. The lowest BCUT2D eigenvalue weighted by Gasteiger charge is -2.19. The summed E-state index contributed by atoms with van der Waals surface area (Å²) in [6.07, 6.45) is 1.19. The highest BCUT2D eigenvalue weighted by Crippen LogP contribution is 2.16. The fraction of sp³-hybridized carbons (Fsp3) is 0.333. The fourth-order valence-electron chi connectivity index (χ4n) is 1.72. The first kappa shape index (κ1) is 15.8. The van der Waals surface area contributed by atoms with Crippen molar-refractivity contribution in [3.05, 3.63) is 42.5 Å². The van der Waals surface area contributed by atoms with E-state index in [0.29, 0.717) is 12.2 Å². The van der Waals surface area contributed by atoms with E-state index in [1.807, 2.05) is 6.92 Å². The van der Waals surface area contributed by atoms with Crippen molar-refractivity contribution in [3.8, 4) is 5.75 Å². The van der Waals surface area contributed by atoms with Gasteiger partial charge in [0.05, 0.1) is 11.7 Å². The molecule has 1 N–H and O–H groups in total. The Labute approximate surface area is 117 Å². The lowest BCUT2D eigenvalue weighted by molar-refractivity contribution is -0.143. The molecular formula is C15H18O5. The third kappa shape index (κ3) is 5.14. The van der Waals surface area contributed by atoms with Gasteiger partial charge in [-0.3, -0.25) is 0 Å². The van der Waals surface area contributed by atoms with Crippen LogP contribution in [0.5, 0.6) is 5.75 Å². The van der Waals surface area contributed by atoms with Crippen LogP contribution in [0.3, 0.4) is 0 Å². The molecule has 0 aliphatic carbocycles. The Bertz CT molecular complexity index is 478. The van der Waals surface area contributed by atoms with E-state index in [0.717, 1.165) is 6.08 Å². The topological polar surface area (TPSA) is 72.8 Å². The summed E-state index contributed by atoms with van der Waals surface area (Å²) < 4.78 is 10.7. The van der Waals surface area contributed by atoms with Gasteiger partial charge in [0, 0.05) is 12.5 Å². The van der Waals surface area contributed by atoms with Crippen LogP contribution in [0, 0.1) is 0 Å². The van der Waals surface area contributed by atoms with E-state index in [1.54, 1.807) is 19.1 Å². The number of carboxylic acids is 1. The van der Waals surface area contributed by atoms with Crippen molar-refractivity contribution in [3.63, 3.8) is 0 Å². The van der Waals surface area contributed by atoms with Crippen molar-refractivity contribution < 1.29 is 24.2 Å². The number of hydrogen-bond acceptors (Lipinski definition) is 4. The highest BCUT2D eigenvalue weighted by atomic mass is 16.5. The average Bonchev–Trinajstić information content (AvgIpc) is 2.38. The van der Waals surface area contributed by atoms with E-state index < -0.39 is 11.9 Å². The van der Waals surface area contributed by atoms with E-state index >= 15 is 0 Å². The molecule has 0 aliphatic heterocycles. The van der Waals surface area contributed by atoms with E-state index in [9.17, 15) is 9.59 Å². The number of rotatable bonds is 7. The summed E-state index contributed by atoms with van der Waals surface area (Å²) in [6, 6.07) is 6.15. The largest absolute Gasteiger partial charge is 0.491 e. The van der Waals surface area contributed by atoms with Crippen LogP contribution in [0.25, 0.3) is 0 Å². The number of hydrogen-bond donors (Lipinski definition) is 1. The molecule has 1 aromatic rings. The summed E-state index contributed by atoms with van der Waals surface area (Å²) in [5.41, 5.74) is 0.207. The van der Waals surface area contributed by atoms with Crippen LogP contribution in [0.2, 0.25) is 0 Å². The van der Waals surface area contributed by atoms with E-state index in [-0.39, 0.29) is 17.8 Å². The molecule has 0 radical (unpaired) electrons. The van der Waals surface area contributed by atoms with Crippen molar-refractivity contribution in [1.29, 1.82) is 0 Å². The molecule has 0 fully saturated rings. The van der Waals surface area contributed by atoms with Crippen molar-refractivity contribution in [2.24, 2.45) is 0 Å². The van der Waals surface area contributed by atoms with Crippen molar-refractivity contribution in [2.45, 2.75) is 32.5 Å². The first-order chi connectivity index (χ1) is 9.42. The molecule has 0 spiro atoms. The molecule has 1 rings (SSSR count). The van der Waals surface area contributed by atoms with Crippen LogP contribution in [0.4, 0.5) is 0 Å². The molecule has 0 unspecified atom stereocenters. The normalized spacial score (nSPS) is 13.1. The van der Waals surface area contributed by atoms with Crippen LogP contribution in [-0.2, 0) is 9.53 Å². The zero-order valence-corrected chi connectivity index (χ0v) is 11.5. The number of aromatic carboxylic acids is 1. The van der Waals surface area contributed by atoms with Gasteiger partial charge in [0.15, 0.2) is 0 Å². The molecule has 20 heavy (non-hydrogen) atoms. The predicted octanol–water partition coefficient (Wildman–Crippen LogP) is 2.66. The zero-order chi connectivity index (χ0) is 15.1. The third-order valence-corrected chi connectivity index (χ3v) is 2.59. The van der Waals surface area contributed by atoms with E-state index in [2.05, 4.69) is 6.58 Å². The standard InChI is InChI=1S/C15H18O5/c1-4-14(16)20-11(3)9-10(2)19-13-7-5-12(6-8-13)15(17)18/h4-8,10-11H,1,9H2,2-3H3,(H,17,18)/t10-,11+/m1/s1. The van der Waals surface area contributed by atoms with Gasteiger partial charge < -0.3 is 14.6 Å². The smallest absolute Gasteiger partial charge is 0.335 e. The van der Waals surface area contributed by atoms with Gasteiger partial charge in [-0.1, -0.05) is 6.58 Å². The van der Waals surface area contributed by atoms with Crippen molar-refractivity contribution in [2.75, 3.05) is 0 Å². The van der Waals surface area contributed by atoms with Gasteiger partial charge in [-0.05, 0) is 38.1 Å². The fourth-order valence-corrected chi connectivity index (χ4v) is 1.72. The molecule has 5 nitrogen and oxygen atoms in total. The van der Waals surface area contributed by atoms with Crippen LogP contribution < -0.4 is 4.74 Å². The summed E-state index contributed by atoms with van der Waals surface area (Å²) in [7, 11) is 0. The van der Waals surface area contributed by atoms with Gasteiger partial charge in [-0.15, -0.1) is 0 Å². The average molecular weight is 278 g/mol. The Morgan fingerprint density at radius 1 is 1.25 bits per heavy atom. The van der Waals surface area contributed by atoms with Crippen molar-refractivity contribution in [1.82, 2.24) is 0 Å². The number of benzene rings is 1. The van der Waals surface area contributed by atoms with Crippen molar-refractivity contribution >= 4 is 11.9 Å². The molecule has 108 valence electrons. The molecule has 0 aromatic heterocycles. The van der Waals surface area contributed by atoms with Crippen LogP contribution in [0.15, 0.2) is 36.9 Å². The third-order valence-electron chi connectivity index (χ3n) is 2.59. The highest BCUT2D eigenvalue weighted by molar-refractivity contribution is 5.87. The Kier molecular flexibility index (Phi) is 5.77. The zero-order valence-electron chi connectivity index (χ0n) is 11.5. The minimum atomic E-state index is -0.977. The predicted molar refractivity (Wildman–Crippen MR) is 73.9 cm³/mol. The Balaban J connectivity index is 2.49. The van der Waals surface area contributed by atoms with Gasteiger partial charge >= 0.3 is 11.9 Å². The summed E-state index contributed by atoms with van der Waals surface area (Å²) in [4.78, 5) is 21.7. The summed E-state index contributed by atoms with van der Waals surface area (Å²) in [5, 5.41) is 8.79. The Hall–Kier alpha value is -2.30. The molecule has 0 saturated heterocycles. The minimum Gasteiger partial charge on any atom is -0.491 e. The van der Waals surface area contributed by atoms with Crippen LogP contribution in [0.1, 0.15) is 30.6 Å². The monoisotopic (exact) mass is 278 g/mol. The molecule has 1 aromatic carbocycles. The lowest BCUT2D eigenvalue weighted by Crippen LogP contribution is -2.22. The maximum absolute atomic E-state index is 11.0. The number of ether oxygens (including phenoxy) is 2. The maximum atomic E-state index is 11.0. The maximum Gasteiger partial charge on any atom is 0.335 e. The first-order valence-corrected chi connectivity index (χ1v) is 6.25. The molecule has 0 bridgehead atoms. The molecule has 0 aliphatic rings. The second-order valence-corrected chi connectivity index (χ2v) is 4.45. The second-order valence-electron chi connectivity index (χ2n) is 4.45. The summed E-state index contributed by atoms with van der Waals surface area (Å²) >= 11 is 0. The van der Waals surface area contributed by atoms with Gasteiger partial charge in [-0.25, -0.2) is 9.59 Å². The number of carboxylic acid groups (broad SMARTS) is 1. The molecule has 0 amide bonds. The first-order valence-electron chi connectivity index (χ1n) is 6.25. The minimum absolute atomic E-state index is 0.168. The molecule has 0 heterocycles. The molecule has 2 atom stereocenters. The van der Waals surface area contributed by atoms with E-state index in [1.165, 1.54) is 12.1 Å². The second kappa shape index (κ2) is 7.33. The number of carbonyl (C=O) groups excluding carboxylic acids is 1. The lowest BCUT2D eigenvalue weighted by atomic mass is 10.2. The summed E-state index contributed by atoms with van der Waals surface area (Å²) in [6.45, 7) is 6.95. The Morgan fingerprint density at radius 3 is 2.35 bits per heavy atom. The highest BCUT2D eigenvalue weighted by Gasteiger charge is 2.13. The molecular weight excluding hydrogens is 260 g/mol. The summed E-state index contributed by atoms with van der Waals surface area (Å²) in [5.74, 6) is -0.866. The van der Waals surface area contributed by atoms with Gasteiger partial charge in [0.25, 0.3) is 0 Å². The van der Waals surface area contributed by atoms with Crippen LogP contribution >= 0.6 is 0 Å². The Morgan fingerprint density at radius 2 is 1.85 bits per heavy atom. The van der Waals surface area contributed by atoms with Gasteiger partial charge in [-0.2, -0.15) is 0 Å². The molecule has 5 heteroatoms. The number of esters is 1. The van der Waals surface area contributed by atoms with Gasteiger partial charge in [0.1, 0.15) is 11.9 Å².